The van der Waals surface area contributed by atoms with Gasteiger partial charge in [0.1, 0.15) is 17.9 Å². The molecule has 0 aliphatic carbocycles. The van der Waals surface area contributed by atoms with Crippen LogP contribution in [0.2, 0.25) is 0 Å². The number of esters is 1. The van der Waals surface area contributed by atoms with Crippen molar-refractivity contribution >= 4 is 40.5 Å². The second-order valence-electron chi connectivity index (χ2n) is 6.45. The molecule has 3 aromatic rings. The number of phenolic OH excluding ortho intramolecular Hbond substituents is 1. The molecule has 1 aliphatic heterocycles. The Bertz CT molecular complexity index is 1080. The maximum atomic E-state index is 12.4. The number of thioether (sulfide) groups is 2. The minimum atomic E-state index is -0.553. The molecule has 1 aromatic heterocycles. The van der Waals surface area contributed by atoms with Gasteiger partial charge in [-0.15, -0.1) is 23.5 Å². The maximum absolute atomic E-state index is 12.4. The van der Waals surface area contributed by atoms with Crippen molar-refractivity contribution in [1.29, 1.82) is 0 Å². The summed E-state index contributed by atoms with van der Waals surface area (Å²) in [6, 6.07) is 12.0. The van der Waals surface area contributed by atoms with Gasteiger partial charge in [0.2, 0.25) is 0 Å². The summed E-state index contributed by atoms with van der Waals surface area (Å²) in [4.78, 5) is 24.3. The van der Waals surface area contributed by atoms with Crippen LogP contribution in [0.15, 0.2) is 51.7 Å². The van der Waals surface area contributed by atoms with Crippen LogP contribution in [0.1, 0.15) is 31.6 Å². The van der Waals surface area contributed by atoms with Crippen LogP contribution >= 0.6 is 23.5 Å². The molecule has 0 bridgehead atoms. The molecule has 0 spiro atoms. The SMILES string of the molecule is Cc1c(O)ccc2c(COC(=O)c3ccc(C4SCCS4)cc3)cc(=O)oc12. The monoisotopic (exact) mass is 414 g/mol. The van der Waals surface area contributed by atoms with Crippen molar-refractivity contribution in [3.05, 3.63) is 75.1 Å². The van der Waals surface area contributed by atoms with Gasteiger partial charge >= 0.3 is 11.6 Å². The molecule has 144 valence electrons. The molecule has 1 N–H and O–H groups in total. The molecular weight excluding hydrogens is 396 g/mol. The number of carbonyl (C=O) groups is 1. The Morgan fingerprint density at radius 2 is 1.89 bits per heavy atom. The first-order valence-corrected chi connectivity index (χ1v) is 10.9. The van der Waals surface area contributed by atoms with E-state index < -0.39 is 11.6 Å². The summed E-state index contributed by atoms with van der Waals surface area (Å²) in [5.41, 5.74) is 2.43. The van der Waals surface area contributed by atoms with Crippen LogP contribution in [-0.4, -0.2) is 22.6 Å². The topological polar surface area (TPSA) is 76.7 Å². The van der Waals surface area contributed by atoms with Gasteiger partial charge in [0, 0.05) is 34.1 Å². The highest BCUT2D eigenvalue weighted by atomic mass is 32.2. The number of ether oxygens (including phenoxy) is 1. The van der Waals surface area contributed by atoms with Gasteiger partial charge in [-0.25, -0.2) is 9.59 Å². The minimum Gasteiger partial charge on any atom is -0.508 e. The van der Waals surface area contributed by atoms with E-state index in [0.29, 0.717) is 32.2 Å². The molecule has 7 heteroatoms. The predicted molar refractivity (Wildman–Crippen MR) is 112 cm³/mol. The van der Waals surface area contributed by atoms with Gasteiger partial charge in [-0.3, -0.25) is 0 Å². The number of aromatic hydroxyl groups is 1. The standard InChI is InChI=1S/C21H18O5S2/c1-12-17(22)7-6-16-15(10-18(23)26-19(12)16)11-25-20(24)13-2-4-14(5-3-13)21-27-8-9-28-21/h2-7,10,21-22H,8-9,11H2,1H3. The third-order valence-corrected chi connectivity index (χ3v) is 7.72. The molecule has 28 heavy (non-hydrogen) atoms. The minimum absolute atomic E-state index is 0.0449. The zero-order valence-electron chi connectivity index (χ0n) is 15.1. The molecular formula is C21H18O5S2. The van der Waals surface area contributed by atoms with Crippen LogP contribution in [0.25, 0.3) is 11.0 Å². The molecule has 2 aromatic carbocycles. The fourth-order valence-electron chi connectivity index (χ4n) is 3.09. The Balaban J connectivity index is 1.52. The van der Waals surface area contributed by atoms with Crippen LogP contribution in [0, 0.1) is 6.92 Å². The van der Waals surface area contributed by atoms with E-state index in [9.17, 15) is 14.7 Å². The van der Waals surface area contributed by atoms with Gasteiger partial charge in [-0.2, -0.15) is 0 Å². The van der Waals surface area contributed by atoms with Crippen molar-refractivity contribution in [2.75, 3.05) is 11.5 Å². The lowest BCUT2D eigenvalue weighted by Gasteiger charge is -2.11. The second-order valence-corrected chi connectivity index (χ2v) is 9.17. The first kappa shape index (κ1) is 19.0. The third-order valence-electron chi connectivity index (χ3n) is 4.62. The summed E-state index contributed by atoms with van der Waals surface area (Å²) in [5, 5.41) is 10.4. The first-order chi connectivity index (χ1) is 13.5. The summed E-state index contributed by atoms with van der Waals surface area (Å²) < 4.78 is 11.1. The molecule has 2 heterocycles. The van der Waals surface area contributed by atoms with Crippen molar-refractivity contribution in [3.63, 3.8) is 0 Å². The van der Waals surface area contributed by atoms with E-state index in [1.54, 1.807) is 25.1 Å². The molecule has 0 radical (unpaired) electrons. The van der Waals surface area contributed by atoms with Crippen LogP contribution < -0.4 is 5.63 Å². The fraction of sp³-hybridized carbons (Fsp3) is 0.238. The van der Waals surface area contributed by atoms with E-state index in [0.717, 1.165) is 11.5 Å². The number of phenols is 1. The molecule has 0 amide bonds. The smallest absolute Gasteiger partial charge is 0.338 e. The molecule has 0 atom stereocenters. The lowest BCUT2D eigenvalue weighted by molar-refractivity contribution is 0.0474. The van der Waals surface area contributed by atoms with E-state index >= 15 is 0 Å². The van der Waals surface area contributed by atoms with E-state index in [1.165, 1.54) is 17.7 Å². The van der Waals surface area contributed by atoms with Crippen molar-refractivity contribution in [2.45, 2.75) is 18.1 Å². The average molecular weight is 415 g/mol. The summed E-state index contributed by atoms with van der Waals surface area (Å²) in [6.07, 6.45) is 0. The Labute approximate surface area is 170 Å². The highest BCUT2D eigenvalue weighted by molar-refractivity contribution is 8.19. The normalized spacial score (nSPS) is 14.5. The van der Waals surface area contributed by atoms with Crippen molar-refractivity contribution in [1.82, 2.24) is 0 Å². The molecule has 1 saturated heterocycles. The molecule has 1 aliphatic rings. The van der Waals surface area contributed by atoms with E-state index in [2.05, 4.69) is 0 Å². The van der Waals surface area contributed by atoms with Crippen molar-refractivity contribution < 1.29 is 19.1 Å². The predicted octanol–water partition coefficient (Wildman–Crippen LogP) is 4.64. The van der Waals surface area contributed by atoms with Crippen LogP contribution in [0.3, 0.4) is 0 Å². The Hall–Kier alpha value is -2.38. The molecule has 0 saturated carbocycles. The summed E-state index contributed by atoms with van der Waals surface area (Å²) in [6.45, 7) is 1.61. The van der Waals surface area contributed by atoms with Crippen molar-refractivity contribution in [3.8, 4) is 5.75 Å². The van der Waals surface area contributed by atoms with Crippen LogP contribution in [-0.2, 0) is 11.3 Å². The van der Waals surface area contributed by atoms with Gasteiger partial charge in [0.05, 0.1) is 10.1 Å². The van der Waals surface area contributed by atoms with Crippen LogP contribution in [0.4, 0.5) is 0 Å². The molecule has 0 unspecified atom stereocenters. The average Bonchev–Trinajstić information content (AvgIpc) is 3.24. The zero-order chi connectivity index (χ0) is 19.7. The largest absolute Gasteiger partial charge is 0.508 e. The molecule has 1 fully saturated rings. The summed E-state index contributed by atoms with van der Waals surface area (Å²) in [5.74, 6) is 1.89. The lowest BCUT2D eigenvalue weighted by atomic mass is 10.1. The number of hydrogen-bond donors (Lipinski definition) is 1. The van der Waals surface area contributed by atoms with Gasteiger partial charge in [-0.1, -0.05) is 12.1 Å². The van der Waals surface area contributed by atoms with Crippen molar-refractivity contribution in [2.24, 2.45) is 0 Å². The number of benzene rings is 2. The van der Waals surface area contributed by atoms with Gasteiger partial charge in [0.15, 0.2) is 0 Å². The van der Waals surface area contributed by atoms with E-state index in [-0.39, 0.29) is 12.4 Å². The second kappa shape index (κ2) is 7.93. The van der Waals surface area contributed by atoms with E-state index in [1.807, 2.05) is 35.7 Å². The number of aryl methyl sites for hydroxylation is 1. The quantitative estimate of drug-likeness (QED) is 0.492. The van der Waals surface area contributed by atoms with Gasteiger partial charge in [-0.05, 0) is 36.8 Å². The number of hydrogen-bond acceptors (Lipinski definition) is 7. The van der Waals surface area contributed by atoms with E-state index in [4.69, 9.17) is 9.15 Å². The maximum Gasteiger partial charge on any atom is 0.338 e. The zero-order valence-corrected chi connectivity index (χ0v) is 16.8. The number of carbonyl (C=O) groups excluding carboxylic acids is 1. The number of rotatable bonds is 4. The molecule has 5 nitrogen and oxygen atoms in total. The van der Waals surface area contributed by atoms with Gasteiger partial charge in [0.25, 0.3) is 0 Å². The Morgan fingerprint density at radius 3 is 2.61 bits per heavy atom. The first-order valence-electron chi connectivity index (χ1n) is 8.78. The lowest BCUT2D eigenvalue weighted by Crippen LogP contribution is -2.08. The summed E-state index contributed by atoms with van der Waals surface area (Å²) >= 11 is 3.82. The number of fused-ring (bicyclic) bond motifs is 1. The fourth-order valence-corrected chi connectivity index (χ4v) is 5.95. The Kier molecular flexibility index (Phi) is 5.37. The summed E-state index contributed by atoms with van der Waals surface area (Å²) in [7, 11) is 0. The highest BCUT2D eigenvalue weighted by Crippen LogP contribution is 2.45. The van der Waals surface area contributed by atoms with Gasteiger partial charge < -0.3 is 14.3 Å². The molecule has 4 rings (SSSR count). The highest BCUT2D eigenvalue weighted by Gasteiger charge is 2.19. The Morgan fingerprint density at radius 1 is 1.18 bits per heavy atom. The third kappa shape index (κ3) is 3.77. The van der Waals surface area contributed by atoms with Crippen LogP contribution in [0.5, 0.6) is 5.75 Å².